The van der Waals surface area contributed by atoms with Crippen molar-refractivity contribution in [3.8, 4) is 0 Å². The number of fused-ring (bicyclic) bond motifs is 3. The second kappa shape index (κ2) is 8.59. The third kappa shape index (κ3) is 3.91. The molecule has 4 heterocycles. The molecule has 0 radical (unpaired) electrons. The number of carbonyl (C=O) groups excluding carboxylic acids is 2. The molecule has 1 atom stereocenters. The maximum atomic E-state index is 13.5. The van der Waals surface area contributed by atoms with Gasteiger partial charge in [0.05, 0.1) is 13.1 Å². The first kappa shape index (κ1) is 20.5. The molecule has 2 aromatic carbocycles. The minimum Gasteiger partial charge on any atom is -0.455 e. The summed E-state index contributed by atoms with van der Waals surface area (Å²) in [6, 6.07) is 20.9. The van der Waals surface area contributed by atoms with E-state index >= 15 is 0 Å². The maximum Gasteiger partial charge on any atom is 0.422 e. The van der Waals surface area contributed by atoms with Crippen LogP contribution in [0.3, 0.4) is 0 Å². The first-order valence-corrected chi connectivity index (χ1v) is 11.0. The normalized spacial score (nSPS) is 24.3. The van der Waals surface area contributed by atoms with Gasteiger partial charge in [0.1, 0.15) is 18.7 Å². The van der Waals surface area contributed by atoms with Gasteiger partial charge in [-0.15, -0.1) is 0 Å². The van der Waals surface area contributed by atoms with Crippen LogP contribution < -0.4 is 5.32 Å². The Kier molecular flexibility index (Phi) is 5.49. The molecule has 3 aliphatic rings. The number of piperidine rings is 3. The minimum atomic E-state index is -0.495. The highest BCUT2D eigenvalue weighted by Gasteiger charge is 2.52. The predicted molar refractivity (Wildman–Crippen MR) is 118 cm³/mol. The average molecular weight is 433 g/mol. The SMILES string of the molecule is O=C(O[C@H]1C[N+]2(C(=O)Nc3ccon3)CCC1CC2)C(c1ccccc1)c1ccccc1. The van der Waals surface area contributed by atoms with Crippen LogP contribution in [0.1, 0.15) is 29.9 Å². The zero-order valence-corrected chi connectivity index (χ0v) is 17.7. The van der Waals surface area contributed by atoms with E-state index in [4.69, 9.17) is 9.26 Å². The highest BCUT2D eigenvalue weighted by molar-refractivity contribution is 5.83. The van der Waals surface area contributed by atoms with Crippen molar-refractivity contribution in [2.45, 2.75) is 24.9 Å². The van der Waals surface area contributed by atoms with Crippen LogP contribution in [0, 0.1) is 5.92 Å². The lowest BCUT2D eigenvalue weighted by atomic mass is 9.83. The topological polar surface area (TPSA) is 81.4 Å². The number of urea groups is 1. The van der Waals surface area contributed by atoms with Crippen molar-refractivity contribution in [3.05, 3.63) is 84.1 Å². The molecule has 3 fully saturated rings. The van der Waals surface area contributed by atoms with E-state index in [9.17, 15) is 9.59 Å². The third-order valence-corrected chi connectivity index (χ3v) is 6.78. The van der Waals surface area contributed by atoms with Crippen LogP contribution in [-0.2, 0) is 9.53 Å². The van der Waals surface area contributed by atoms with Crippen LogP contribution in [0.25, 0.3) is 0 Å². The molecule has 164 valence electrons. The number of ether oxygens (including phenoxy) is 1. The number of nitrogens with one attached hydrogen (secondary N) is 1. The number of quaternary nitrogens is 1. The Hall–Kier alpha value is -3.45. The highest BCUT2D eigenvalue weighted by atomic mass is 16.5. The van der Waals surface area contributed by atoms with Crippen molar-refractivity contribution >= 4 is 17.8 Å². The van der Waals surface area contributed by atoms with E-state index in [0.717, 1.165) is 37.1 Å². The standard InChI is InChI=1S/C25H25N3O4/c29-24(23(19-7-3-1-4-8-19)20-9-5-2-6-10-20)32-21-17-28(14-11-18(21)12-15-28)25(30)26-22-13-16-31-27-22/h1-10,13,16,18,21,23H,11-12,14-15,17H2/p+1/t18?,21-,28?/m0/s1. The molecule has 3 saturated heterocycles. The fourth-order valence-corrected chi connectivity index (χ4v) is 5.03. The van der Waals surface area contributed by atoms with Crippen molar-refractivity contribution in [1.29, 1.82) is 0 Å². The summed E-state index contributed by atoms with van der Waals surface area (Å²) in [5.74, 6) is -0.0792. The van der Waals surface area contributed by atoms with Gasteiger partial charge in [-0.05, 0) is 11.1 Å². The Morgan fingerprint density at radius 1 is 0.969 bits per heavy atom. The number of hydrogen-bond donors (Lipinski definition) is 1. The van der Waals surface area contributed by atoms with Gasteiger partial charge in [0.15, 0.2) is 11.9 Å². The summed E-state index contributed by atoms with van der Waals surface area (Å²) in [4.78, 5) is 26.6. The van der Waals surface area contributed by atoms with Crippen LogP contribution in [0.5, 0.6) is 0 Å². The van der Waals surface area contributed by atoms with Crippen molar-refractivity contribution < 1.29 is 23.3 Å². The second-order valence-corrected chi connectivity index (χ2v) is 8.66. The lowest BCUT2D eigenvalue weighted by Gasteiger charge is -2.49. The van der Waals surface area contributed by atoms with Crippen molar-refractivity contribution in [2.75, 3.05) is 25.0 Å². The Balaban J connectivity index is 1.35. The lowest BCUT2D eigenvalue weighted by molar-refractivity contribution is -0.869. The summed E-state index contributed by atoms with van der Waals surface area (Å²) >= 11 is 0. The maximum absolute atomic E-state index is 13.5. The highest BCUT2D eigenvalue weighted by Crippen LogP contribution is 2.37. The number of hydrogen-bond acceptors (Lipinski definition) is 5. The number of aromatic nitrogens is 1. The molecule has 2 amide bonds. The molecule has 1 N–H and O–H groups in total. The van der Waals surface area contributed by atoms with Gasteiger partial charge in [-0.25, -0.2) is 9.28 Å². The molecule has 2 bridgehead atoms. The summed E-state index contributed by atoms with van der Waals surface area (Å²) in [7, 11) is 0. The van der Waals surface area contributed by atoms with Gasteiger partial charge >= 0.3 is 12.0 Å². The predicted octanol–water partition coefficient (Wildman–Crippen LogP) is 4.19. The number of benzene rings is 2. The molecule has 0 spiro atoms. The van der Waals surface area contributed by atoms with E-state index in [1.807, 2.05) is 60.7 Å². The van der Waals surface area contributed by atoms with E-state index in [1.54, 1.807) is 6.07 Å². The Morgan fingerprint density at radius 3 is 2.16 bits per heavy atom. The molecule has 3 aliphatic heterocycles. The molecule has 0 unspecified atom stereocenters. The van der Waals surface area contributed by atoms with Crippen LogP contribution in [0.2, 0.25) is 0 Å². The van der Waals surface area contributed by atoms with Crippen molar-refractivity contribution in [2.24, 2.45) is 5.92 Å². The molecule has 6 rings (SSSR count). The van der Waals surface area contributed by atoms with Crippen LogP contribution in [0.15, 0.2) is 77.5 Å². The number of carbonyl (C=O) groups is 2. The smallest absolute Gasteiger partial charge is 0.422 e. The van der Waals surface area contributed by atoms with Gasteiger partial charge in [-0.3, -0.25) is 10.1 Å². The molecule has 0 aliphatic carbocycles. The van der Waals surface area contributed by atoms with Gasteiger partial charge in [0.25, 0.3) is 0 Å². The first-order valence-electron chi connectivity index (χ1n) is 11.0. The van der Waals surface area contributed by atoms with E-state index < -0.39 is 5.92 Å². The number of nitrogens with zero attached hydrogens (tertiary/aromatic N) is 2. The van der Waals surface area contributed by atoms with Crippen molar-refractivity contribution in [3.63, 3.8) is 0 Å². The Morgan fingerprint density at radius 2 is 1.59 bits per heavy atom. The summed E-state index contributed by atoms with van der Waals surface area (Å²) in [5, 5.41) is 6.63. The van der Waals surface area contributed by atoms with E-state index in [0.29, 0.717) is 12.4 Å². The summed E-state index contributed by atoms with van der Waals surface area (Å²) < 4.78 is 11.2. The van der Waals surface area contributed by atoms with Gasteiger partial charge < -0.3 is 9.26 Å². The Labute approximate surface area is 186 Å². The second-order valence-electron chi connectivity index (χ2n) is 8.66. The molecule has 7 nitrogen and oxygen atoms in total. The summed E-state index contributed by atoms with van der Waals surface area (Å²) in [5.41, 5.74) is 1.80. The minimum absolute atomic E-state index is 0.124. The van der Waals surface area contributed by atoms with Gasteiger partial charge in [0.2, 0.25) is 0 Å². The monoisotopic (exact) mass is 432 g/mol. The number of esters is 1. The van der Waals surface area contributed by atoms with Crippen LogP contribution >= 0.6 is 0 Å². The van der Waals surface area contributed by atoms with E-state index in [-0.39, 0.29) is 28.5 Å². The molecule has 3 aromatic rings. The van der Waals surface area contributed by atoms with Gasteiger partial charge in [0, 0.05) is 24.8 Å². The third-order valence-electron chi connectivity index (χ3n) is 6.78. The first-order chi connectivity index (χ1) is 15.6. The molecule has 1 aromatic heterocycles. The van der Waals surface area contributed by atoms with Crippen molar-refractivity contribution in [1.82, 2.24) is 5.16 Å². The number of anilines is 1. The fourth-order valence-electron chi connectivity index (χ4n) is 5.03. The van der Waals surface area contributed by atoms with Gasteiger partial charge in [-0.1, -0.05) is 65.8 Å². The lowest BCUT2D eigenvalue weighted by Crippen LogP contribution is -2.68. The zero-order valence-electron chi connectivity index (χ0n) is 17.7. The molecular weight excluding hydrogens is 406 g/mol. The largest absolute Gasteiger partial charge is 0.455 e. The summed E-state index contributed by atoms with van der Waals surface area (Å²) in [6.45, 7) is 1.96. The zero-order chi connectivity index (χ0) is 22.0. The molecule has 32 heavy (non-hydrogen) atoms. The quantitative estimate of drug-likeness (QED) is 0.483. The number of amides is 2. The molecule has 0 saturated carbocycles. The van der Waals surface area contributed by atoms with Crippen LogP contribution in [-0.4, -0.2) is 47.4 Å². The molecular formula is C25H26N3O4+. The molecule has 7 heteroatoms. The van der Waals surface area contributed by atoms with Gasteiger partial charge in [-0.2, -0.15) is 0 Å². The van der Waals surface area contributed by atoms with E-state index in [1.165, 1.54) is 6.26 Å². The number of rotatable bonds is 5. The Bertz CT molecular complexity index is 1020. The fraction of sp³-hybridized carbons (Fsp3) is 0.320. The summed E-state index contributed by atoms with van der Waals surface area (Å²) in [6.07, 6.45) is 2.84. The van der Waals surface area contributed by atoms with Crippen LogP contribution in [0.4, 0.5) is 10.6 Å². The average Bonchev–Trinajstić information content (AvgIpc) is 3.34. The van der Waals surface area contributed by atoms with E-state index in [2.05, 4.69) is 10.5 Å².